The van der Waals surface area contributed by atoms with Crippen molar-refractivity contribution >= 4 is 11.9 Å². The maximum absolute atomic E-state index is 13.3. The standard InChI is InChI=1S/C24H29FN2O4/c1-24(2,3)31-23(29)27-15-13-26(14-16-27)22(30-17-18-7-5-4-6-8-18)21(28)19-9-11-20(25)12-10-19/h4-12,22H,13-17H2,1-3H3. The molecule has 1 atom stereocenters. The average Bonchev–Trinajstić information content (AvgIpc) is 2.74. The SMILES string of the molecule is CC(C)(C)OC(=O)N1CCN(C(OCc2ccccc2)C(=O)c2ccc(F)cc2)CC1. The van der Waals surface area contributed by atoms with Crippen LogP contribution in [0.15, 0.2) is 54.6 Å². The first kappa shape index (κ1) is 22.9. The molecule has 1 unspecified atom stereocenters. The topological polar surface area (TPSA) is 59.1 Å². The number of Topliss-reactive ketones (excluding diaryl/α,β-unsaturated/α-hetero) is 1. The first-order valence-corrected chi connectivity index (χ1v) is 10.4. The van der Waals surface area contributed by atoms with Crippen LogP contribution in [0.1, 0.15) is 36.7 Å². The van der Waals surface area contributed by atoms with Gasteiger partial charge in [0.2, 0.25) is 5.78 Å². The van der Waals surface area contributed by atoms with Crippen molar-refractivity contribution in [3.05, 3.63) is 71.5 Å². The van der Waals surface area contributed by atoms with Crippen LogP contribution in [0.5, 0.6) is 0 Å². The Bertz CT molecular complexity index is 873. The van der Waals surface area contributed by atoms with Crippen molar-refractivity contribution in [2.75, 3.05) is 26.2 Å². The first-order valence-electron chi connectivity index (χ1n) is 10.4. The zero-order valence-corrected chi connectivity index (χ0v) is 18.2. The smallest absolute Gasteiger partial charge is 0.410 e. The lowest BCUT2D eigenvalue weighted by Gasteiger charge is -2.38. The van der Waals surface area contributed by atoms with E-state index >= 15 is 0 Å². The van der Waals surface area contributed by atoms with E-state index in [0.717, 1.165) is 5.56 Å². The van der Waals surface area contributed by atoms with Crippen LogP contribution in [0, 0.1) is 5.82 Å². The molecule has 2 aromatic carbocycles. The van der Waals surface area contributed by atoms with Gasteiger partial charge in [-0.15, -0.1) is 0 Å². The number of rotatable bonds is 6. The Morgan fingerprint density at radius 1 is 0.968 bits per heavy atom. The van der Waals surface area contributed by atoms with Crippen molar-refractivity contribution in [3.8, 4) is 0 Å². The average molecular weight is 429 g/mol. The Kier molecular flexibility index (Phi) is 7.41. The second-order valence-electron chi connectivity index (χ2n) is 8.52. The highest BCUT2D eigenvalue weighted by Crippen LogP contribution is 2.18. The molecule has 7 heteroatoms. The van der Waals surface area contributed by atoms with E-state index in [1.54, 1.807) is 4.90 Å². The van der Waals surface area contributed by atoms with Gasteiger partial charge in [-0.1, -0.05) is 30.3 Å². The van der Waals surface area contributed by atoms with E-state index in [4.69, 9.17) is 9.47 Å². The molecule has 2 aromatic rings. The maximum Gasteiger partial charge on any atom is 0.410 e. The number of ether oxygens (including phenoxy) is 2. The highest BCUT2D eigenvalue weighted by atomic mass is 19.1. The predicted molar refractivity (Wildman–Crippen MR) is 115 cm³/mol. The van der Waals surface area contributed by atoms with Crippen LogP contribution in [-0.4, -0.2) is 59.7 Å². The molecule has 1 amide bonds. The minimum Gasteiger partial charge on any atom is -0.444 e. The highest BCUT2D eigenvalue weighted by Gasteiger charge is 2.33. The molecule has 1 aliphatic rings. The van der Waals surface area contributed by atoms with E-state index in [9.17, 15) is 14.0 Å². The van der Waals surface area contributed by atoms with Crippen molar-refractivity contribution in [1.29, 1.82) is 0 Å². The molecular formula is C24H29FN2O4. The van der Waals surface area contributed by atoms with Gasteiger partial charge in [0.25, 0.3) is 0 Å². The van der Waals surface area contributed by atoms with E-state index in [1.165, 1.54) is 24.3 Å². The molecule has 6 nitrogen and oxygen atoms in total. The summed E-state index contributed by atoms with van der Waals surface area (Å²) in [5.74, 6) is -0.633. The van der Waals surface area contributed by atoms with Gasteiger partial charge in [0.15, 0.2) is 6.23 Å². The largest absolute Gasteiger partial charge is 0.444 e. The molecule has 0 saturated carbocycles. The fraction of sp³-hybridized carbons (Fsp3) is 0.417. The molecule has 0 bridgehead atoms. The van der Waals surface area contributed by atoms with Gasteiger partial charge in [0.1, 0.15) is 11.4 Å². The van der Waals surface area contributed by atoms with Gasteiger partial charge in [0.05, 0.1) is 6.61 Å². The van der Waals surface area contributed by atoms with Gasteiger partial charge in [-0.3, -0.25) is 9.69 Å². The summed E-state index contributed by atoms with van der Waals surface area (Å²) in [5.41, 5.74) is 0.773. The molecule has 1 aliphatic heterocycles. The van der Waals surface area contributed by atoms with Gasteiger partial charge < -0.3 is 14.4 Å². The monoisotopic (exact) mass is 428 g/mol. The Morgan fingerprint density at radius 2 is 1.58 bits per heavy atom. The lowest BCUT2D eigenvalue weighted by molar-refractivity contribution is -0.0645. The third-order valence-corrected chi connectivity index (χ3v) is 4.90. The second-order valence-corrected chi connectivity index (χ2v) is 8.52. The van der Waals surface area contributed by atoms with Gasteiger partial charge in [0, 0.05) is 31.7 Å². The van der Waals surface area contributed by atoms with Crippen LogP contribution in [-0.2, 0) is 16.1 Å². The van der Waals surface area contributed by atoms with Crippen LogP contribution in [0.4, 0.5) is 9.18 Å². The van der Waals surface area contributed by atoms with E-state index in [-0.39, 0.29) is 18.5 Å². The summed E-state index contributed by atoms with van der Waals surface area (Å²) in [6, 6.07) is 15.1. The number of nitrogens with zero attached hydrogens (tertiary/aromatic N) is 2. The Morgan fingerprint density at radius 3 is 2.16 bits per heavy atom. The summed E-state index contributed by atoms with van der Waals surface area (Å²) < 4.78 is 24.8. The molecular weight excluding hydrogens is 399 g/mol. The normalized spacial score (nSPS) is 16.1. The fourth-order valence-corrected chi connectivity index (χ4v) is 3.32. The molecule has 0 radical (unpaired) electrons. The Balaban J connectivity index is 1.69. The minimum absolute atomic E-state index is 0.235. The molecule has 1 heterocycles. The molecule has 166 valence electrons. The van der Waals surface area contributed by atoms with Gasteiger partial charge in [-0.25, -0.2) is 9.18 Å². The van der Waals surface area contributed by atoms with Crippen LogP contribution in [0.3, 0.4) is 0 Å². The van der Waals surface area contributed by atoms with Crippen molar-refractivity contribution in [2.45, 2.75) is 39.2 Å². The summed E-state index contributed by atoms with van der Waals surface area (Å²) in [6.45, 7) is 7.54. The molecule has 0 aromatic heterocycles. The van der Waals surface area contributed by atoms with E-state index in [1.807, 2.05) is 56.0 Å². The van der Waals surface area contributed by atoms with Crippen molar-refractivity contribution < 1.29 is 23.5 Å². The van der Waals surface area contributed by atoms with Crippen molar-refractivity contribution in [3.63, 3.8) is 0 Å². The second kappa shape index (κ2) is 10.0. The number of ketones is 1. The third-order valence-electron chi connectivity index (χ3n) is 4.90. The number of halogens is 1. The highest BCUT2D eigenvalue weighted by molar-refractivity contribution is 5.99. The predicted octanol–water partition coefficient (Wildman–Crippen LogP) is 4.10. The van der Waals surface area contributed by atoms with Crippen molar-refractivity contribution in [1.82, 2.24) is 9.80 Å². The number of carbonyl (C=O) groups is 2. The summed E-state index contributed by atoms with van der Waals surface area (Å²) in [6.07, 6.45) is -1.19. The van der Waals surface area contributed by atoms with E-state index < -0.39 is 17.6 Å². The molecule has 0 spiro atoms. The van der Waals surface area contributed by atoms with Crippen LogP contribution in [0.25, 0.3) is 0 Å². The summed E-state index contributed by atoms with van der Waals surface area (Å²) in [7, 11) is 0. The van der Waals surface area contributed by atoms with Gasteiger partial charge in [-0.2, -0.15) is 0 Å². The zero-order valence-electron chi connectivity index (χ0n) is 18.2. The van der Waals surface area contributed by atoms with E-state index in [0.29, 0.717) is 31.7 Å². The number of benzene rings is 2. The quantitative estimate of drug-likeness (QED) is 0.649. The minimum atomic E-state index is -0.827. The molecule has 0 aliphatic carbocycles. The summed E-state index contributed by atoms with van der Waals surface area (Å²) in [5, 5.41) is 0. The fourth-order valence-electron chi connectivity index (χ4n) is 3.32. The number of hydrogen-bond acceptors (Lipinski definition) is 5. The number of carbonyl (C=O) groups excluding carboxylic acids is 2. The Hall–Kier alpha value is -2.77. The number of hydrogen-bond donors (Lipinski definition) is 0. The molecule has 31 heavy (non-hydrogen) atoms. The van der Waals surface area contributed by atoms with E-state index in [2.05, 4.69) is 0 Å². The molecule has 3 rings (SSSR count). The molecule has 1 fully saturated rings. The third kappa shape index (κ3) is 6.60. The lowest BCUT2D eigenvalue weighted by atomic mass is 10.1. The van der Waals surface area contributed by atoms with Gasteiger partial charge in [-0.05, 0) is 50.6 Å². The summed E-state index contributed by atoms with van der Waals surface area (Å²) in [4.78, 5) is 29.1. The number of piperazine rings is 1. The van der Waals surface area contributed by atoms with Gasteiger partial charge >= 0.3 is 6.09 Å². The summed E-state index contributed by atoms with van der Waals surface area (Å²) >= 11 is 0. The molecule has 0 N–H and O–H groups in total. The van der Waals surface area contributed by atoms with Crippen LogP contribution < -0.4 is 0 Å². The molecule has 1 saturated heterocycles. The first-order chi connectivity index (χ1) is 14.7. The maximum atomic E-state index is 13.3. The van der Waals surface area contributed by atoms with Crippen LogP contribution in [0.2, 0.25) is 0 Å². The number of amides is 1. The van der Waals surface area contributed by atoms with Crippen molar-refractivity contribution in [2.24, 2.45) is 0 Å². The Labute approximate surface area is 182 Å². The zero-order chi connectivity index (χ0) is 22.4. The lowest BCUT2D eigenvalue weighted by Crippen LogP contribution is -2.55. The van der Waals surface area contributed by atoms with Crippen LogP contribution >= 0.6 is 0 Å².